The standard InChI is InChI=1S/C21H24N2O3/c1-15-5-6-16(2)19(13-15)26-14-20(24)22-18-9-7-17(8-10-18)21(25)23-11-3-4-12-23/h5-10,13H,3-4,11-12,14H2,1-2H3,(H,22,24). The van der Waals surface area contributed by atoms with Gasteiger partial charge in [-0.2, -0.15) is 0 Å². The molecule has 0 spiro atoms. The van der Waals surface area contributed by atoms with E-state index < -0.39 is 0 Å². The Morgan fingerprint density at radius 1 is 1.04 bits per heavy atom. The fourth-order valence-corrected chi connectivity index (χ4v) is 3.00. The lowest BCUT2D eigenvalue weighted by molar-refractivity contribution is -0.118. The van der Waals surface area contributed by atoms with E-state index in [2.05, 4.69) is 5.32 Å². The number of nitrogens with zero attached hydrogens (tertiary/aromatic N) is 1. The summed E-state index contributed by atoms with van der Waals surface area (Å²) >= 11 is 0. The third kappa shape index (κ3) is 4.42. The van der Waals surface area contributed by atoms with Crippen LogP contribution in [0.1, 0.15) is 34.3 Å². The lowest BCUT2D eigenvalue weighted by atomic mass is 10.1. The molecule has 1 fully saturated rings. The Bertz CT molecular complexity index is 793. The van der Waals surface area contributed by atoms with Crippen LogP contribution in [0.15, 0.2) is 42.5 Å². The number of hydrogen-bond acceptors (Lipinski definition) is 3. The van der Waals surface area contributed by atoms with Crippen molar-refractivity contribution in [2.24, 2.45) is 0 Å². The summed E-state index contributed by atoms with van der Waals surface area (Å²) in [5, 5.41) is 2.79. The predicted octanol–water partition coefficient (Wildman–Crippen LogP) is 3.56. The maximum atomic E-state index is 12.3. The molecule has 5 heteroatoms. The van der Waals surface area contributed by atoms with Crippen molar-refractivity contribution < 1.29 is 14.3 Å². The average molecular weight is 352 g/mol. The van der Waals surface area contributed by atoms with Crippen LogP contribution in [-0.4, -0.2) is 36.4 Å². The van der Waals surface area contributed by atoms with Crippen molar-refractivity contribution in [3.63, 3.8) is 0 Å². The highest BCUT2D eigenvalue weighted by atomic mass is 16.5. The van der Waals surface area contributed by atoms with Gasteiger partial charge >= 0.3 is 0 Å². The molecule has 1 saturated heterocycles. The molecule has 0 atom stereocenters. The summed E-state index contributed by atoms with van der Waals surface area (Å²) in [4.78, 5) is 26.3. The van der Waals surface area contributed by atoms with Gasteiger partial charge in [-0.15, -0.1) is 0 Å². The topological polar surface area (TPSA) is 58.6 Å². The summed E-state index contributed by atoms with van der Waals surface area (Å²) in [6.45, 7) is 5.53. The van der Waals surface area contributed by atoms with Gasteiger partial charge < -0.3 is 15.0 Å². The molecule has 1 aliphatic heterocycles. The minimum absolute atomic E-state index is 0.0543. The van der Waals surface area contributed by atoms with Gasteiger partial charge in [-0.25, -0.2) is 0 Å². The first kappa shape index (κ1) is 18.0. The van der Waals surface area contributed by atoms with E-state index in [0.717, 1.165) is 37.1 Å². The molecule has 1 heterocycles. The smallest absolute Gasteiger partial charge is 0.262 e. The number of ether oxygens (including phenoxy) is 1. The van der Waals surface area contributed by atoms with Crippen molar-refractivity contribution in [2.45, 2.75) is 26.7 Å². The molecular weight excluding hydrogens is 328 g/mol. The second-order valence-corrected chi connectivity index (χ2v) is 6.68. The molecule has 2 amide bonds. The molecule has 2 aromatic carbocycles. The summed E-state index contributed by atoms with van der Waals surface area (Å²) in [7, 11) is 0. The first-order valence-electron chi connectivity index (χ1n) is 8.92. The largest absolute Gasteiger partial charge is 0.483 e. The third-order valence-corrected chi connectivity index (χ3v) is 4.51. The van der Waals surface area contributed by atoms with E-state index >= 15 is 0 Å². The van der Waals surface area contributed by atoms with Gasteiger partial charge in [0.2, 0.25) is 0 Å². The first-order valence-corrected chi connectivity index (χ1v) is 8.92. The highest BCUT2D eigenvalue weighted by Crippen LogP contribution is 2.19. The Labute approximate surface area is 154 Å². The van der Waals surface area contributed by atoms with Crippen LogP contribution in [0.2, 0.25) is 0 Å². The minimum atomic E-state index is -0.232. The second-order valence-electron chi connectivity index (χ2n) is 6.68. The molecule has 0 radical (unpaired) electrons. The quantitative estimate of drug-likeness (QED) is 0.895. The number of benzene rings is 2. The molecule has 0 aromatic heterocycles. The van der Waals surface area contributed by atoms with Crippen molar-refractivity contribution in [1.29, 1.82) is 0 Å². The van der Waals surface area contributed by atoms with Crippen molar-refractivity contribution in [3.8, 4) is 5.75 Å². The Hall–Kier alpha value is -2.82. The monoisotopic (exact) mass is 352 g/mol. The van der Waals surface area contributed by atoms with E-state index in [1.54, 1.807) is 24.3 Å². The fraction of sp³-hybridized carbons (Fsp3) is 0.333. The average Bonchev–Trinajstić information content (AvgIpc) is 3.17. The Balaban J connectivity index is 1.54. The van der Waals surface area contributed by atoms with Crippen LogP contribution in [0.4, 0.5) is 5.69 Å². The molecule has 0 saturated carbocycles. The van der Waals surface area contributed by atoms with Gasteiger partial charge in [-0.1, -0.05) is 12.1 Å². The maximum absolute atomic E-state index is 12.3. The number of aryl methyl sites for hydroxylation is 2. The van der Waals surface area contributed by atoms with Crippen LogP contribution in [0.5, 0.6) is 5.75 Å². The zero-order valence-corrected chi connectivity index (χ0v) is 15.2. The molecule has 26 heavy (non-hydrogen) atoms. The molecule has 1 N–H and O–H groups in total. The predicted molar refractivity (Wildman–Crippen MR) is 102 cm³/mol. The molecule has 0 bridgehead atoms. The van der Waals surface area contributed by atoms with Gasteiger partial charge in [0.1, 0.15) is 5.75 Å². The third-order valence-electron chi connectivity index (χ3n) is 4.51. The van der Waals surface area contributed by atoms with Gasteiger partial charge in [0.05, 0.1) is 0 Å². The number of likely N-dealkylation sites (tertiary alicyclic amines) is 1. The number of nitrogens with one attached hydrogen (secondary N) is 1. The van der Waals surface area contributed by atoms with Crippen molar-refractivity contribution in [1.82, 2.24) is 4.90 Å². The van der Waals surface area contributed by atoms with E-state index in [-0.39, 0.29) is 18.4 Å². The summed E-state index contributed by atoms with van der Waals surface area (Å²) in [5.74, 6) is 0.537. The van der Waals surface area contributed by atoms with Crippen LogP contribution >= 0.6 is 0 Å². The lowest BCUT2D eigenvalue weighted by Crippen LogP contribution is -2.27. The molecule has 3 rings (SSSR count). The number of amides is 2. The number of hydrogen-bond donors (Lipinski definition) is 1. The van der Waals surface area contributed by atoms with Gasteiger partial charge in [0.25, 0.3) is 11.8 Å². The summed E-state index contributed by atoms with van der Waals surface area (Å²) in [6, 6.07) is 12.9. The Morgan fingerprint density at radius 3 is 2.42 bits per heavy atom. The summed E-state index contributed by atoms with van der Waals surface area (Å²) in [6.07, 6.45) is 2.14. The summed E-state index contributed by atoms with van der Waals surface area (Å²) < 4.78 is 5.61. The zero-order chi connectivity index (χ0) is 18.5. The first-order chi connectivity index (χ1) is 12.5. The van der Waals surface area contributed by atoms with E-state index in [1.807, 2.05) is 36.9 Å². The number of anilines is 1. The van der Waals surface area contributed by atoms with Crippen molar-refractivity contribution in [3.05, 3.63) is 59.2 Å². The van der Waals surface area contributed by atoms with Crippen LogP contribution in [0, 0.1) is 13.8 Å². The zero-order valence-electron chi connectivity index (χ0n) is 15.2. The highest BCUT2D eigenvalue weighted by Gasteiger charge is 2.19. The van der Waals surface area contributed by atoms with Gasteiger partial charge in [-0.3, -0.25) is 9.59 Å². The molecule has 0 aliphatic carbocycles. The minimum Gasteiger partial charge on any atom is -0.483 e. The molecule has 0 unspecified atom stereocenters. The summed E-state index contributed by atoms with van der Waals surface area (Å²) in [5.41, 5.74) is 3.38. The molecule has 2 aromatic rings. The van der Waals surface area contributed by atoms with E-state index in [1.165, 1.54) is 0 Å². The Morgan fingerprint density at radius 2 is 1.73 bits per heavy atom. The van der Waals surface area contributed by atoms with Crippen molar-refractivity contribution in [2.75, 3.05) is 25.0 Å². The van der Waals surface area contributed by atoms with E-state index in [0.29, 0.717) is 17.0 Å². The van der Waals surface area contributed by atoms with E-state index in [4.69, 9.17) is 4.74 Å². The number of rotatable bonds is 5. The maximum Gasteiger partial charge on any atom is 0.262 e. The highest BCUT2D eigenvalue weighted by molar-refractivity contribution is 5.96. The number of carbonyl (C=O) groups is 2. The van der Waals surface area contributed by atoms with Gasteiger partial charge in [0.15, 0.2) is 6.61 Å². The van der Waals surface area contributed by atoms with Crippen LogP contribution in [-0.2, 0) is 4.79 Å². The Kier molecular flexibility index (Phi) is 5.56. The molecule has 136 valence electrons. The van der Waals surface area contributed by atoms with Gasteiger partial charge in [0, 0.05) is 24.3 Å². The van der Waals surface area contributed by atoms with Crippen LogP contribution in [0.3, 0.4) is 0 Å². The molecular formula is C21H24N2O3. The van der Waals surface area contributed by atoms with E-state index in [9.17, 15) is 9.59 Å². The molecule has 5 nitrogen and oxygen atoms in total. The van der Waals surface area contributed by atoms with Crippen LogP contribution < -0.4 is 10.1 Å². The fourth-order valence-electron chi connectivity index (χ4n) is 3.00. The molecule has 1 aliphatic rings. The van der Waals surface area contributed by atoms with Crippen LogP contribution in [0.25, 0.3) is 0 Å². The SMILES string of the molecule is Cc1ccc(C)c(OCC(=O)Nc2ccc(C(=O)N3CCCC3)cc2)c1. The normalized spacial score (nSPS) is 13.5. The van der Waals surface area contributed by atoms with Crippen molar-refractivity contribution >= 4 is 17.5 Å². The number of carbonyl (C=O) groups excluding carboxylic acids is 2. The second kappa shape index (κ2) is 8.04. The lowest BCUT2D eigenvalue weighted by Gasteiger charge is -2.15. The van der Waals surface area contributed by atoms with Gasteiger partial charge in [-0.05, 0) is 68.1 Å².